The van der Waals surface area contributed by atoms with Gasteiger partial charge in [-0.1, -0.05) is 48.7 Å². The summed E-state index contributed by atoms with van der Waals surface area (Å²) in [5.74, 6) is 0.146. The fraction of sp³-hybridized carbons (Fsp3) is 1.00. The molecule has 1 atom stereocenters. The third kappa shape index (κ3) is 3.01. The summed E-state index contributed by atoms with van der Waals surface area (Å²) in [6, 6.07) is 0. The first-order valence-electron chi connectivity index (χ1n) is 2.55. The minimum absolute atomic E-state index is 0.146. The van der Waals surface area contributed by atoms with E-state index in [1.807, 2.05) is 13.8 Å². The van der Waals surface area contributed by atoms with Crippen molar-refractivity contribution < 1.29 is 0 Å². The molecule has 0 radical (unpaired) electrons. The Labute approximate surface area is 65.1 Å². The van der Waals surface area contributed by atoms with Gasteiger partial charge in [0, 0.05) is 5.92 Å². The molecule has 0 N–H and O–H groups in total. The molecule has 0 fully saturated rings. The molecular weight excluding hydrogens is 166 g/mol. The first-order chi connectivity index (χ1) is 3.48. The van der Waals surface area contributed by atoms with E-state index in [0.29, 0.717) is 0 Å². The van der Waals surface area contributed by atoms with Crippen molar-refractivity contribution >= 4 is 34.8 Å². The van der Waals surface area contributed by atoms with E-state index in [0.717, 1.165) is 6.42 Å². The average molecular weight is 175 g/mol. The van der Waals surface area contributed by atoms with E-state index in [9.17, 15) is 0 Å². The lowest BCUT2D eigenvalue weighted by molar-refractivity contribution is 0.576. The Morgan fingerprint density at radius 3 is 1.75 bits per heavy atom. The maximum Gasteiger partial charge on any atom is 0.193 e. The predicted octanol–water partition coefficient (Wildman–Crippen LogP) is 3.40. The van der Waals surface area contributed by atoms with Crippen molar-refractivity contribution in [3.8, 4) is 0 Å². The van der Waals surface area contributed by atoms with E-state index in [-0.39, 0.29) is 5.92 Å². The highest BCUT2D eigenvalue weighted by Crippen LogP contribution is 2.36. The van der Waals surface area contributed by atoms with Gasteiger partial charge in [0.1, 0.15) is 0 Å². The largest absolute Gasteiger partial charge is 0.193 e. The Balaban J connectivity index is 3.62. The number of halogens is 3. The number of alkyl halides is 3. The minimum atomic E-state index is -1.07. The summed E-state index contributed by atoms with van der Waals surface area (Å²) in [6.07, 6.45) is 0.899. The van der Waals surface area contributed by atoms with Crippen molar-refractivity contribution in [2.24, 2.45) is 5.92 Å². The van der Waals surface area contributed by atoms with E-state index < -0.39 is 3.79 Å². The molecule has 0 aliphatic carbocycles. The molecule has 0 bridgehead atoms. The third-order valence-electron chi connectivity index (χ3n) is 1.17. The Morgan fingerprint density at radius 2 is 1.75 bits per heavy atom. The molecule has 0 heterocycles. The lowest BCUT2D eigenvalue weighted by atomic mass is 10.1. The SMILES string of the molecule is CCC(C)C(Cl)(Cl)Cl. The normalized spacial score (nSPS) is 16.1. The molecule has 0 nitrogen and oxygen atoms in total. The zero-order valence-corrected chi connectivity index (χ0v) is 7.19. The number of rotatable bonds is 1. The number of hydrogen-bond donors (Lipinski definition) is 0. The highest BCUT2D eigenvalue weighted by Gasteiger charge is 2.26. The van der Waals surface area contributed by atoms with Crippen LogP contribution in [0.3, 0.4) is 0 Å². The first kappa shape index (κ1) is 8.87. The van der Waals surface area contributed by atoms with Crippen molar-refractivity contribution in [1.29, 1.82) is 0 Å². The molecule has 0 aliphatic rings. The summed E-state index contributed by atoms with van der Waals surface area (Å²) in [5, 5.41) is 0. The van der Waals surface area contributed by atoms with Gasteiger partial charge in [-0.3, -0.25) is 0 Å². The van der Waals surface area contributed by atoms with Gasteiger partial charge in [-0.25, -0.2) is 0 Å². The Hall–Kier alpha value is 0.870. The second-order valence-electron chi connectivity index (χ2n) is 1.85. The second-order valence-corrected chi connectivity index (χ2v) is 4.22. The summed E-state index contributed by atoms with van der Waals surface area (Å²) in [5.41, 5.74) is 0. The molecule has 0 aromatic carbocycles. The molecular formula is C5H9Cl3. The van der Waals surface area contributed by atoms with Crippen molar-refractivity contribution in [3.63, 3.8) is 0 Å². The average Bonchev–Trinajstić information content (AvgIpc) is 1.62. The molecule has 3 heteroatoms. The fourth-order valence-corrected chi connectivity index (χ4v) is 0.694. The van der Waals surface area contributed by atoms with Crippen LogP contribution in [0, 0.1) is 5.92 Å². The smallest absolute Gasteiger partial charge is 0.0834 e. The maximum absolute atomic E-state index is 5.51. The molecule has 0 saturated carbocycles. The molecule has 0 saturated heterocycles. The van der Waals surface area contributed by atoms with Crippen LogP contribution in [-0.4, -0.2) is 3.79 Å². The summed E-state index contributed by atoms with van der Waals surface area (Å²) in [7, 11) is 0. The van der Waals surface area contributed by atoms with Gasteiger partial charge < -0.3 is 0 Å². The monoisotopic (exact) mass is 174 g/mol. The van der Waals surface area contributed by atoms with Crippen LogP contribution >= 0.6 is 34.8 Å². The van der Waals surface area contributed by atoms with Gasteiger partial charge in [-0.15, -0.1) is 0 Å². The van der Waals surface area contributed by atoms with Gasteiger partial charge >= 0.3 is 0 Å². The summed E-state index contributed by atoms with van der Waals surface area (Å²) < 4.78 is -1.07. The van der Waals surface area contributed by atoms with Crippen LogP contribution in [0.4, 0.5) is 0 Å². The van der Waals surface area contributed by atoms with Crippen LogP contribution in [0.2, 0.25) is 0 Å². The Bertz CT molecular complexity index is 64.6. The van der Waals surface area contributed by atoms with E-state index >= 15 is 0 Å². The maximum atomic E-state index is 5.51. The standard InChI is InChI=1S/C5H9Cl3/c1-3-4(2)5(6,7)8/h4H,3H2,1-2H3. The molecule has 0 spiro atoms. The molecule has 8 heavy (non-hydrogen) atoms. The van der Waals surface area contributed by atoms with Crippen LogP contribution in [0.25, 0.3) is 0 Å². The van der Waals surface area contributed by atoms with Gasteiger partial charge in [-0.05, 0) is 6.42 Å². The van der Waals surface area contributed by atoms with Crippen LogP contribution in [0.15, 0.2) is 0 Å². The van der Waals surface area contributed by atoms with Crippen LogP contribution in [0.1, 0.15) is 20.3 Å². The summed E-state index contributed by atoms with van der Waals surface area (Å²) >= 11 is 16.5. The van der Waals surface area contributed by atoms with Crippen LogP contribution in [0.5, 0.6) is 0 Å². The quantitative estimate of drug-likeness (QED) is 0.536. The van der Waals surface area contributed by atoms with Crippen LogP contribution < -0.4 is 0 Å². The van der Waals surface area contributed by atoms with Gasteiger partial charge in [0.2, 0.25) is 0 Å². The van der Waals surface area contributed by atoms with Gasteiger partial charge in [-0.2, -0.15) is 0 Å². The highest BCUT2D eigenvalue weighted by molar-refractivity contribution is 6.67. The molecule has 1 unspecified atom stereocenters. The highest BCUT2D eigenvalue weighted by atomic mass is 35.6. The van der Waals surface area contributed by atoms with Crippen molar-refractivity contribution in [3.05, 3.63) is 0 Å². The molecule has 0 amide bonds. The summed E-state index contributed by atoms with van der Waals surface area (Å²) in [4.78, 5) is 0. The van der Waals surface area contributed by atoms with E-state index in [1.54, 1.807) is 0 Å². The van der Waals surface area contributed by atoms with Crippen molar-refractivity contribution in [2.75, 3.05) is 0 Å². The minimum Gasteiger partial charge on any atom is -0.0834 e. The van der Waals surface area contributed by atoms with Crippen molar-refractivity contribution in [1.82, 2.24) is 0 Å². The fourth-order valence-electron chi connectivity index (χ4n) is 0.231. The van der Waals surface area contributed by atoms with Gasteiger partial charge in [0.25, 0.3) is 0 Å². The van der Waals surface area contributed by atoms with Crippen LogP contribution in [-0.2, 0) is 0 Å². The molecule has 50 valence electrons. The zero-order chi connectivity index (χ0) is 6.78. The number of hydrogen-bond acceptors (Lipinski definition) is 0. The van der Waals surface area contributed by atoms with E-state index in [2.05, 4.69) is 0 Å². The lowest BCUT2D eigenvalue weighted by Crippen LogP contribution is -2.13. The van der Waals surface area contributed by atoms with Crippen molar-refractivity contribution in [2.45, 2.75) is 24.1 Å². The molecule has 0 aliphatic heterocycles. The molecule has 0 aromatic heterocycles. The Morgan fingerprint density at radius 1 is 1.38 bits per heavy atom. The van der Waals surface area contributed by atoms with Gasteiger partial charge in [0.15, 0.2) is 3.79 Å². The van der Waals surface area contributed by atoms with Gasteiger partial charge in [0.05, 0.1) is 0 Å². The zero-order valence-electron chi connectivity index (χ0n) is 4.92. The summed E-state index contributed by atoms with van der Waals surface area (Å²) in [6.45, 7) is 3.90. The third-order valence-corrected chi connectivity index (χ3v) is 2.29. The Kier molecular flexibility index (Phi) is 3.49. The molecule has 0 rings (SSSR count). The van der Waals surface area contributed by atoms with E-state index in [4.69, 9.17) is 34.8 Å². The second kappa shape index (κ2) is 3.14. The lowest BCUT2D eigenvalue weighted by Gasteiger charge is -2.17. The molecule has 0 aromatic rings. The predicted molar refractivity (Wildman–Crippen MR) is 39.7 cm³/mol. The topological polar surface area (TPSA) is 0 Å². The first-order valence-corrected chi connectivity index (χ1v) is 3.68. The van der Waals surface area contributed by atoms with E-state index in [1.165, 1.54) is 0 Å².